The Morgan fingerprint density at radius 2 is 1.58 bits per heavy atom. The van der Waals surface area contributed by atoms with Crippen LogP contribution in [0.2, 0.25) is 0 Å². The van der Waals surface area contributed by atoms with E-state index in [1.807, 2.05) is 19.0 Å². The highest BCUT2D eigenvalue weighted by Gasteiger charge is 2.22. The molecule has 31 heavy (non-hydrogen) atoms. The molecule has 0 heterocycles. The van der Waals surface area contributed by atoms with Crippen LogP contribution in [0.3, 0.4) is 0 Å². The van der Waals surface area contributed by atoms with E-state index >= 15 is 0 Å². The number of sulfonamides is 1. The Morgan fingerprint density at radius 3 is 2.19 bits per heavy atom. The van der Waals surface area contributed by atoms with Crippen molar-refractivity contribution >= 4 is 21.6 Å². The van der Waals surface area contributed by atoms with E-state index in [0.29, 0.717) is 23.7 Å². The van der Waals surface area contributed by atoms with E-state index in [1.54, 1.807) is 54.6 Å². The van der Waals surface area contributed by atoms with Gasteiger partial charge in [-0.15, -0.1) is 0 Å². The fourth-order valence-electron chi connectivity index (χ4n) is 3.95. The zero-order chi connectivity index (χ0) is 22.3. The second kappa shape index (κ2) is 10.8. The molecule has 7 heteroatoms. The van der Waals surface area contributed by atoms with Crippen molar-refractivity contribution in [1.82, 2.24) is 9.80 Å². The van der Waals surface area contributed by atoms with Crippen LogP contribution >= 0.6 is 0 Å². The number of hydrogen-bond acceptors (Lipinski definition) is 4. The van der Waals surface area contributed by atoms with Crippen LogP contribution in [-0.4, -0.2) is 57.9 Å². The minimum absolute atomic E-state index is 0.00453. The van der Waals surface area contributed by atoms with Crippen molar-refractivity contribution in [1.29, 1.82) is 0 Å². The Hall–Kier alpha value is -2.38. The molecule has 6 nitrogen and oxygen atoms in total. The van der Waals surface area contributed by atoms with Gasteiger partial charge in [0.1, 0.15) is 0 Å². The van der Waals surface area contributed by atoms with E-state index in [-0.39, 0.29) is 10.8 Å². The van der Waals surface area contributed by atoms with Gasteiger partial charge in [0.25, 0.3) is 15.9 Å². The second-order valence-electron chi connectivity index (χ2n) is 8.55. The van der Waals surface area contributed by atoms with Crippen molar-refractivity contribution in [3.8, 4) is 0 Å². The summed E-state index contributed by atoms with van der Waals surface area (Å²) in [6.45, 7) is 2.28. The van der Waals surface area contributed by atoms with Crippen LogP contribution in [0.4, 0.5) is 5.69 Å². The van der Waals surface area contributed by atoms with Crippen LogP contribution in [0.1, 0.15) is 42.5 Å². The second-order valence-corrected chi connectivity index (χ2v) is 10.2. The van der Waals surface area contributed by atoms with E-state index in [1.165, 1.54) is 32.1 Å². The van der Waals surface area contributed by atoms with Crippen molar-refractivity contribution in [3.05, 3.63) is 60.2 Å². The normalized spacial score (nSPS) is 15.1. The Morgan fingerprint density at radius 1 is 0.935 bits per heavy atom. The van der Waals surface area contributed by atoms with Crippen LogP contribution in [-0.2, 0) is 10.0 Å². The van der Waals surface area contributed by atoms with Gasteiger partial charge in [-0.1, -0.05) is 37.5 Å². The molecule has 0 atom stereocenters. The van der Waals surface area contributed by atoms with Gasteiger partial charge >= 0.3 is 0 Å². The molecule has 2 aromatic carbocycles. The third kappa shape index (κ3) is 6.80. The van der Waals surface area contributed by atoms with Gasteiger partial charge in [0.05, 0.1) is 4.90 Å². The molecule has 1 aliphatic rings. The molecule has 1 saturated carbocycles. The first-order chi connectivity index (χ1) is 14.8. The topological polar surface area (TPSA) is 69.7 Å². The largest absolute Gasteiger partial charge is 0.337 e. The first-order valence-electron chi connectivity index (χ1n) is 11.0. The van der Waals surface area contributed by atoms with Gasteiger partial charge in [-0.05, 0) is 69.3 Å². The average molecular weight is 444 g/mol. The number of hydrogen-bond donors (Lipinski definition) is 1. The molecule has 168 valence electrons. The quantitative estimate of drug-likeness (QED) is 0.634. The lowest BCUT2D eigenvalue weighted by Crippen LogP contribution is -2.40. The van der Waals surface area contributed by atoms with Crippen molar-refractivity contribution in [2.75, 3.05) is 38.5 Å². The van der Waals surface area contributed by atoms with E-state index in [4.69, 9.17) is 0 Å². The van der Waals surface area contributed by atoms with Crippen LogP contribution in [0.25, 0.3) is 0 Å². The van der Waals surface area contributed by atoms with Gasteiger partial charge in [0.15, 0.2) is 0 Å². The van der Waals surface area contributed by atoms with Gasteiger partial charge in [-0.25, -0.2) is 8.42 Å². The predicted molar refractivity (Wildman–Crippen MR) is 125 cm³/mol. The average Bonchev–Trinajstić information content (AvgIpc) is 2.77. The van der Waals surface area contributed by atoms with E-state index < -0.39 is 10.0 Å². The van der Waals surface area contributed by atoms with Gasteiger partial charge < -0.3 is 9.80 Å². The smallest absolute Gasteiger partial charge is 0.261 e. The number of nitrogens with one attached hydrogen (secondary N) is 1. The maximum Gasteiger partial charge on any atom is 0.261 e. The summed E-state index contributed by atoms with van der Waals surface area (Å²) < 4.78 is 27.6. The molecule has 1 N–H and O–H groups in total. The van der Waals surface area contributed by atoms with Crippen molar-refractivity contribution in [3.63, 3.8) is 0 Å². The monoisotopic (exact) mass is 443 g/mol. The maximum atomic E-state index is 13.2. The number of carbonyl (C=O) groups excluding carboxylic acids is 1. The zero-order valence-corrected chi connectivity index (χ0v) is 19.3. The maximum absolute atomic E-state index is 13.2. The predicted octanol–water partition coefficient (Wildman–Crippen LogP) is 4.07. The highest BCUT2D eigenvalue weighted by molar-refractivity contribution is 7.92. The summed E-state index contributed by atoms with van der Waals surface area (Å²) >= 11 is 0. The summed E-state index contributed by atoms with van der Waals surface area (Å²) in [5.74, 6) is 0.571. The van der Waals surface area contributed by atoms with Crippen LogP contribution < -0.4 is 4.72 Å². The molecule has 3 rings (SSSR count). The van der Waals surface area contributed by atoms with Crippen molar-refractivity contribution in [2.45, 2.75) is 37.0 Å². The molecule has 0 saturated heterocycles. The fourth-order valence-corrected chi connectivity index (χ4v) is 5.03. The SMILES string of the molecule is CN(C)CCN(CC1CCCCC1)C(=O)c1ccc(NS(=O)(=O)c2ccccc2)cc1. The summed E-state index contributed by atoms with van der Waals surface area (Å²) in [4.78, 5) is 17.5. The zero-order valence-electron chi connectivity index (χ0n) is 18.5. The van der Waals surface area contributed by atoms with Gasteiger partial charge in [-0.3, -0.25) is 9.52 Å². The number of carbonyl (C=O) groups is 1. The van der Waals surface area contributed by atoms with Crippen LogP contribution in [0.15, 0.2) is 59.5 Å². The van der Waals surface area contributed by atoms with Gasteiger partial charge in [-0.2, -0.15) is 0 Å². The molecular weight excluding hydrogens is 410 g/mol. The first kappa shape index (κ1) is 23.3. The first-order valence-corrected chi connectivity index (χ1v) is 12.5. The highest BCUT2D eigenvalue weighted by atomic mass is 32.2. The summed E-state index contributed by atoms with van der Waals surface area (Å²) in [5.41, 5.74) is 1.02. The molecule has 0 radical (unpaired) electrons. The summed E-state index contributed by atoms with van der Waals surface area (Å²) in [7, 11) is 0.371. The molecule has 2 aromatic rings. The Kier molecular flexibility index (Phi) is 8.09. The number of amides is 1. The van der Waals surface area contributed by atoms with E-state index in [0.717, 1.165) is 13.1 Å². The number of likely N-dealkylation sites (N-methyl/N-ethyl adjacent to an activating group) is 1. The fraction of sp³-hybridized carbons (Fsp3) is 0.458. The lowest BCUT2D eigenvalue weighted by Gasteiger charge is -2.31. The molecule has 0 unspecified atom stereocenters. The Balaban J connectivity index is 1.69. The molecule has 1 aliphatic carbocycles. The Labute approximate surface area is 186 Å². The number of rotatable bonds is 9. The molecule has 1 amide bonds. The van der Waals surface area contributed by atoms with Gasteiger partial charge in [0.2, 0.25) is 0 Å². The third-order valence-corrected chi connectivity index (χ3v) is 7.14. The molecule has 1 fully saturated rings. The summed E-state index contributed by atoms with van der Waals surface area (Å²) in [6, 6.07) is 15.0. The van der Waals surface area contributed by atoms with Crippen LogP contribution in [0, 0.1) is 5.92 Å². The third-order valence-electron chi connectivity index (χ3n) is 5.75. The highest BCUT2D eigenvalue weighted by Crippen LogP contribution is 2.25. The number of nitrogens with zero attached hydrogens (tertiary/aromatic N) is 2. The molecule has 0 spiro atoms. The molecular formula is C24H33N3O3S. The summed E-state index contributed by atoms with van der Waals surface area (Å²) in [6.07, 6.45) is 6.16. The lowest BCUT2D eigenvalue weighted by molar-refractivity contribution is 0.0701. The number of benzene rings is 2. The Bertz CT molecular complexity index is 938. The van der Waals surface area contributed by atoms with E-state index in [2.05, 4.69) is 9.62 Å². The van der Waals surface area contributed by atoms with Gasteiger partial charge in [0, 0.05) is 30.9 Å². The lowest BCUT2D eigenvalue weighted by atomic mass is 9.89. The van der Waals surface area contributed by atoms with Crippen molar-refractivity contribution < 1.29 is 13.2 Å². The molecule has 0 aliphatic heterocycles. The number of anilines is 1. The standard InChI is InChI=1S/C24H33N3O3S/c1-26(2)17-18-27(19-20-9-5-3-6-10-20)24(28)21-13-15-22(16-14-21)25-31(29,30)23-11-7-4-8-12-23/h4,7-8,11-16,20,25H,3,5-6,9-10,17-19H2,1-2H3. The van der Waals surface area contributed by atoms with Crippen LogP contribution in [0.5, 0.6) is 0 Å². The van der Waals surface area contributed by atoms with E-state index in [9.17, 15) is 13.2 Å². The molecule has 0 bridgehead atoms. The van der Waals surface area contributed by atoms with Crippen molar-refractivity contribution in [2.24, 2.45) is 5.92 Å². The minimum Gasteiger partial charge on any atom is -0.337 e. The summed E-state index contributed by atoms with van der Waals surface area (Å²) in [5, 5.41) is 0. The molecule has 0 aromatic heterocycles. The minimum atomic E-state index is -3.65.